The first-order valence-electron chi connectivity index (χ1n) is 7.90. The van der Waals surface area contributed by atoms with Gasteiger partial charge in [-0.3, -0.25) is 0 Å². The first kappa shape index (κ1) is 15.1. The quantitative estimate of drug-likeness (QED) is 0.499. The number of hydrogen-bond donors (Lipinski definition) is 0. The van der Waals surface area contributed by atoms with Gasteiger partial charge < -0.3 is 9.47 Å². The summed E-state index contributed by atoms with van der Waals surface area (Å²) >= 11 is 0. The molecule has 0 atom stereocenters. The highest BCUT2D eigenvalue weighted by Crippen LogP contribution is 2.38. The summed E-state index contributed by atoms with van der Waals surface area (Å²) in [6.45, 7) is 0. The van der Waals surface area contributed by atoms with Gasteiger partial charge in [-0.15, -0.1) is 0 Å². The van der Waals surface area contributed by atoms with Crippen molar-refractivity contribution in [2.75, 3.05) is 7.11 Å². The van der Waals surface area contributed by atoms with Crippen LogP contribution >= 0.6 is 0 Å². The number of carbonyl (C=O) groups is 1. The van der Waals surface area contributed by atoms with Gasteiger partial charge in [0, 0.05) is 11.1 Å². The molecule has 0 saturated carbocycles. The molecule has 1 aliphatic rings. The molecule has 0 unspecified atom stereocenters. The van der Waals surface area contributed by atoms with Crippen LogP contribution in [0.15, 0.2) is 77.8 Å². The van der Waals surface area contributed by atoms with E-state index in [1.807, 2.05) is 60.7 Å². The lowest BCUT2D eigenvalue weighted by Gasteiger charge is -2.10. The SMILES string of the molecule is COC(=O)c1ccc(C2=Nc3ccccc3Oc3ccccc32)cc1. The van der Waals surface area contributed by atoms with Gasteiger partial charge in [0.2, 0.25) is 0 Å². The zero-order valence-corrected chi connectivity index (χ0v) is 13.6. The van der Waals surface area contributed by atoms with E-state index in [2.05, 4.69) is 0 Å². The molecule has 0 aliphatic carbocycles. The minimum Gasteiger partial charge on any atom is -0.465 e. The average molecular weight is 329 g/mol. The minimum absolute atomic E-state index is 0.358. The molecule has 0 saturated heterocycles. The van der Waals surface area contributed by atoms with E-state index in [4.69, 9.17) is 14.5 Å². The van der Waals surface area contributed by atoms with E-state index in [0.29, 0.717) is 5.56 Å². The molecule has 0 radical (unpaired) electrons. The third-order valence-electron chi connectivity index (χ3n) is 4.04. The van der Waals surface area contributed by atoms with E-state index in [-0.39, 0.29) is 5.97 Å². The second-order valence-corrected chi connectivity index (χ2v) is 5.60. The maximum Gasteiger partial charge on any atom is 0.337 e. The number of hydrogen-bond acceptors (Lipinski definition) is 4. The molecule has 4 heteroatoms. The average Bonchev–Trinajstić information content (AvgIpc) is 2.84. The molecule has 0 bridgehead atoms. The number of fused-ring (bicyclic) bond motifs is 2. The maximum atomic E-state index is 11.6. The second-order valence-electron chi connectivity index (χ2n) is 5.60. The third-order valence-corrected chi connectivity index (χ3v) is 4.04. The Kier molecular flexibility index (Phi) is 3.78. The normalized spacial score (nSPS) is 12.1. The van der Waals surface area contributed by atoms with Crippen molar-refractivity contribution in [3.05, 3.63) is 89.5 Å². The molecule has 0 fully saturated rings. The summed E-state index contributed by atoms with van der Waals surface area (Å²) < 4.78 is 10.8. The monoisotopic (exact) mass is 329 g/mol. The Balaban J connectivity index is 1.87. The van der Waals surface area contributed by atoms with Crippen LogP contribution in [0.25, 0.3) is 0 Å². The van der Waals surface area contributed by atoms with Crippen LogP contribution in [0.1, 0.15) is 21.5 Å². The van der Waals surface area contributed by atoms with Gasteiger partial charge in [0.15, 0.2) is 5.75 Å². The van der Waals surface area contributed by atoms with Crippen molar-refractivity contribution >= 4 is 17.4 Å². The predicted octanol–water partition coefficient (Wildman–Crippen LogP) is 4.75. The van der Waals surface area contributed by atoms with Crippen LogP contribution in [-0.2, 0) is 4.74 Å². The van der Waals surface area contributed by atoms with Crippen LogP contribution in [0, 0.1) is 0 Å². The molecule has 4 rings (SSSR count). The van der Waals surface area contributed by atoms with Crippen molar-refractivity contribution < 1.29 is 14.3 Å². The van der Waals surface area contributed by atoms with E-state index in [0.717, 1.165) is 34.0 Å². The number of nitrogens with zero attached hydrogens (tertiary/aromatic N) is 1. The van der Waals surface area contributed by atoms with Gasteiger partial charge in [0.05, 0.1) is 18.4 Å². The highest BCUT2D eigenvalue weighted by molar-refractivity contribution is 6.16. The second kappa shape index (κ2) is 6.24. The third kappa shape index (κ3) is 2.78. The summed E-state index contributed by atoms with van der Waals surface area (Å²) in [5, 5.41) is 0. The topological polar surface area (TPSA) is 47.9 Å². The molecule has 25 heavy (non-hydrogen) atoms. The van der Waals surface area contributed by atoms with E-state index in [1.54, 1.807) is 12.1 Å². The van der Waals surface area contributed by atoms with Crippen molar-refractivity contribution in [2.45, 2.75) is 0 Å². The highest BCUT2D eigenvalue weighted by atomic mass is 16.5. The molecule has 3 aromatic carbocycles. The van der Waals surface area contributed by atoms with Crippen molar-refractivity contribution in [3.8, 4) is 11.5 Å². The number of esters is 1. The Bertz CT molecular complexity index is 974. The summed E-state index contributed by atoms with van der Waals surface area (Å²) in [7, 11) is 1.37. The highest BCUT2D eigenvalue weighted by Gasteiger charge is 2.19. The van der Waals surface area contributed by atoms with E-state index in [9.17, 15) is 4.79 Å². The summed E-state index contributed by atoms with van der Waals surface area (Å²) in [5.74, 6) is 1.11. The Labute approximate surface area is 145 Å². The van der Waals surface area contributed by atoms with Gasteiger partial charge in [0.25, 0.3) is 0 Å². The zero-order valence-electron chi connectivity index (χ0n) is 13.6. The Morgan fingerprint density at radius 1 is 0.880 bits per heavy atom. The van der Waals surface area contributed by atoms with Crippen LogP contribution in [0.4, 0.5) is 5.69 Å². The summed E-state index contributed by atoms with van der Waals surface area (Å²) in [5.41, 5.74) is 3.89. The number of ether oxygens (including phenoxy) is 2. The van der Waals surface area contributed by atoms with Crippen LogP contribution in [-0.4, -0.2) is 18.8 Å². The molecular weight excluding hydrogens is 314 g/mol. The fraction of sp³-hybridized carbons (Fsp3) is 0.0476. The lowest BCUT2D eigenvalue weighted by molar-refractivity contribution is 0.0600. The van der Waals surface area contributed by atoms with Crippen LogP contribution in [0.3, 0.4) is 0 Å². The number of benzene rings is 3. The number of rotatable bonds is 2. The van der Waals surface area contributed by atoms with E-state index >= 15 is 0 Å². The summed E-state index contributed by atoms with van der Waals surface area (Å²) in [6, 6.07) is 22.7. The molecule has 0 spiro atoms. The number of methoxy groups -OCH3 is 1. The van der Waals surface area contributed by atoms with Gasteiger partial charge in [-0.2, -0.15) is 0 Å². The molecule has 1 aliphatic heterocycles. The standard InChI is InChI=1S/C21H15NO3/c1-24-21(23)15-12-10-14(11-13-15)20-16-6-2-4-8-18(16)25-19-9-5-3-7-17(19)22-20/h2-13H,1H3. The smallest absolute Gasteiger partial charge is 0.337 e. The maximum absolute atomic E-state index is 11.6. The minimum atomic E-state index is -0.358. The van der Waals surface area contributed by atoms with Crippen molar-refractivity contribution in [1.29, 1.82) is 0 Å². The fourth-order valence-corrected chi connectivity index (χ4v) is 2.79. The van der Waals surface area contributed by atoms with Crippen LogP contribution < -0.4 is 4.74 Å². The van der Waals surface area contributed by atoms with Gasteiger partial charge in [-0.05, 0) is 36.4 Å². The van der Waals surface area contributed by atoms with Gasteiger partial charge >= 0.3 is 5.97 Å². The van der Waals surface area contributed by atoms with Crippen molar-refractivity contribution in [1.82, 2.24) is 0 Å². The molecule has 0 amide bonds. The number of aliphatic imine (C=N–C) groups is 1. The molecule has 3 aromatic rings. The van der Waals surface area contributed by atoms with E-state index in [1.165, 1.54) is 7.11 Å². The Hall–Kier alpha value is -3.40. The Morgan fingerprint density at radius 2 is 1.56 bits per heavy atom. The van der Waals surface area contributed by atoms with Gasteiger partial charge in [0.1, 0.15) is 11.4 Å². The molecular formula is C21H15NO3. The lowest BCUT2D eigenvalue weighted by Crippen LogP contribution is -2.05. The predicted molar refractivity (Wildman–Crippen MR) is 96.0 cm³/mol. The van der Waals surface area contributed by atoms with Crippen LogP contribution in [0.2, 0.25) is 0 Å². The van der Waals surface area contributed by atoms with E-state index < -0.39 is 0 Å². The van der Waals surface area contributed by atoms with Gasteiger partial charge in [-0.1, -0.05) is 36.4 Å². The van der Waals surface area contributed by atoms with Crippen molar-refractivity contribution in [2.24, 2.45) is 4.99 Å². The summed E-state index contributed by atoms with van der Waals surface area (Å²) in [6.07, 6.45) is 0. The largest absolute Gasteiger partial charge is 0.465 e. The molecule has 0 aromatic heterocycles. The summed E-state index contributed by atoms with van der Waals surface area (Å²) in [4.78, 5) is 16.5. The first-order valence-corrected chi connectivity index (χ1v) is 7.90. The Morgan fingerprint density at radius 3 is 2.32 bits per heavy atom. The molecule has 122 valence electrons. The molecule has 1 heterocycles. The lowest BCUT2D eigenvalue weighted by atomic mass is 10.00. The van der Waals surface area contributed by atoms with Crippen LogP contribution in [0.5, 0.6) is 11.5 Å². The molecule has 0 N–H and O–H groups in total. The molecule has 4 nitrogen and oxygen atoms in total. The first-order chi connectivity index (χ1) is 12.3. The zero-order chi connectivity index (χ0) is 17.2. The fourth-order valence-electron chi connectivity index (χ4n) is 2.79. The number of para-hydroxylation sites is 3. The number of carbonyl (C=O) groups excluding carboxylic acids is 1. The van der Waals surface area contributed by atoms with Crippen molar-refractivity contribution in [3.63, 3.8) is 0 Å². The van der Waals surface area contributed by atoms with Gasteiger partial charge in [-0.25, -0.2) is 9.79 Å².